The molecule has 0 aliphatic carbocycles. The van der Waals surface area contributed by atoms with Gasteiger partial charge in [0.05, 0.1) is 18.2 Å². The molecule has 0 aliphatic rings. The van der Waals surface area contributed by atoms with Crippen LogP contribution in [0.25, 0.3) is 11.3 Å². The number of nitrogens with two attached hydrogens (primary N) is 2. The molecular weight excluding hydrogens is 296 g/mol. The van der Waals surface area contributed by atoms with Crippen LogP contribution in [-0.4, -0.2) is 28.8 Å². The number of hydrogen-bond donors (Lipinski definition) is 2. The summed E-state index contributed by atoms with van der Waals surface area (Å²) in [7, 11) is 1.31. The van der Waals surface area contributed by atoms with E-state index in [0.29, 0.717) is 16.8 Å². The molecule has 0 aliphatic heterocycles. The Balaban J connectivity index is 2.59. The minimum absolute atomic E-state index is 0.172. The fraction of sp³-hybridized carbons (Fsp3) is 0.312. The lowest BCUT2D eigenvalue weighted by molar-refractivity contribution is 0.0600. The van der Waals surface area contributed by atoms with Crippen molar-refractivity contribution in [3.63, 3.8) is 0 Å². The minimum atomic E-state index is -0.648. The van der Waals surface area contributed by atoms with Gasteiger partial charge in [-0.2, -0.15) is 5.10 Å². The molecule has 23 heavy (non-hydrogen) atoms. The van der Waals surface area contributed by atoms with Crippen LogP contribution < -0.4 is 11.5 Å². The second-order valence-electron chi connectivity index (χ2n) is 6.12. The summed E-state index contributed by atoms with van der Waals surface area (Å²) in [6.07, 6.45) is 0. The minimum Gasteiger partial charge on any atom is -0.465 e. The van der Waals surface area contributed by atoms with Gasteiger partial charge in [-0.15, -0.1) is 0 Å². The molecule has 1 aromatic heterocycles. The predicted molar refractivity (Wildman–Crippen MR) is 86.9 cm³/mol. The van der Waals surface area contributed by atoms with Crippen molar-refractivity contribution in [3.8, 4) is 11.3 Å². The molecule has 0 saturated heterocycles. The van der Waals surface area contributed by atoms with Crippen LogP contribution in [0.5, 0.6) is 0 Å². The standard InChI is InChI=1S/C16H20N4O3/c1-16(2,3)20-13(17)11(14(18)21)12(19-20)9-5-7-10(8-6-9)15(22)23-4/h5-8H,17H2,1-4H3,(H2,18,21). The van der Waals surface area contributed by atoms with Gasteiger partial charge in [0.2, 0.25) is 0 Å². The Kier molecular flexibility index (Phi) is 4.14. The molecule has 122 valence electrons. The Morgan fingerprint density at radius 3 is 2.17 bits per heavy atom. The van der Waals surface area contributed by atoms with Gasteiger partial charge in [0.1, 0.15) is 17.1 Å². The molecule has 2 rings (SSSR count). The van der Waals surface area contributed by atoms with Crippen molar-refractivity contribution >= 4 is 17.7 Å². The third kappa shape index (κ3) is 3.03. The number of carbonyl (C=O) groups excluding carboxylic acids is 2. The number of aromatic nitrogens is 2. The van der Waals surface area contributed by atoms with Crippen molar-refractivity contribution in [2.45, 2.75) is 26.3 Å². The van der Waals surface area contributed by atoms with E-state index in [1.54, 1.807) is 28.9 Å². The molecule has 0 bridgehead atoms. The topological polar surface area (TPSA) is 113 Å². The van der Waals surface area contributed by atoms with Crippen LogP contribution in [0.2, 0.25) is 0 Å². The maximum Gasteiger partial charge on any atom is 0.337 e. The van der Waals surface area contributed by atoms with Gasteiger partial charge in [-0.25, -0.2) is 9.48 Å². The first-order valence-electron chi connectivity index (χ1n) is 7.04. The summed E-state index contributed by atoms with van der Waals surface area (Å²) in [6, 6.07) is 6.54. The fourth-order valence-corrected chi connectivity index (χ4v) is 2.27. The molecule has 1 aromatic carbocycles. The number of amides is 1. The molecule has 0 radical (unpaired) electrons. The highest BCUT2D eigenvalue weighted by Crippen LogP contribution is 2.30. The van der Waals surface area contributed by atoms with Gasteiger partial charge in [-0.05, 0) is 32.9 Å². The molecule has 2 aromatic rings. The SMILES string of the molecule is COC(=O)c1ccc(-c2nn(C(C)(C)C)c(N)c2C(N)=O)cc1. The summed E-state index contributed by atoms with van der Waals surface area (Å²) in [5, 5.41) is 4.44. The molecule has 0 unspecified atom stereocenters. The second-order valence-corrected chi connectivity index (χ2v) is 6.12. The van der Waals surface area contributed by atoms with Crippen molar-refractivity contribution < 1.29 is 14.3 Å². The highest BCUT2D eigenvalue weighted by atomic mass is 16.5. The average molecular weight is 316 g/mol. The molecule has 0 fully saturated rings. The van der Waals surface area contributed by atoms with Gasteiger partial charge in [0, 0.05) is 5.56 Å². The zero-order valence-corrected chi connectivity index (χ0v) is 13.6. The zero-order valence-electron chi connectivity index (χ0n) is 13.6. The van der Waals surface area contributed by atoms with Crippen LogP contribution in [0, 0.1) is 0 Å². The molecule has 0 spiro atoms. The Morgan fingerprint density at radius 2 is 1.74 bits per heavy atom. The van der Waals surface area contributed by atoms with E-state index in [-0.39, 0.29) is 11.4 Å². The number of benzene rings is 1. The summed E-state index contributed by atoms with van der Waals surface area (Å²) in [5.74, 6) is -0.867. The van der Waals surface area contributed by atoms with Crippen molar-refractivity contribution in [1.82, 2.24) is 9.78 Å². The zero-order chi connectivity index (χ0) is 17.4. The Bertz CT molecular complexity index is 755. The maximum absolute atomic E-state index is 11.8. The third-order valence-electron chi connectivity index (χ3n) is 3.38. The molecule has 0 saturated carbocycles. The number of methoxy groups -OCH3 is 1. The van der Waals surface area contributed by atoms with E-state index in [0.717, 1.165) is 0 Å². The number of anilines is 1. The molecule has 7 heteroatoms. The van der Waals surface area contributed by atoms with E-state index in [9.17, 15) is 9.59 Å². The summed E-state index contributed by atoms with van der Waals surface area (Å²) in [5.41, 5.74) is 12.7. The number of carbonyl (C=O) groups is 2. The van der Waals surface area contributed by atoms with Gasteiger partial charge in [-0.1, -0.05) is 12.1 Å². The first-order valence-corrected chi connectivity index (χ1v) is 7.04. The lowest BCUT2D eigenvalue weighted by Crippen LogP contribution is -2.25. The first kappa shape index (κ1) is 16.5. The van der Waals surface area contributed by atoms with E-state index in [1.807, 2.05) is 20.8 Å². The van der Waals surface area contributed by atoms with Crippen LogP contribution in [0.3, 0.4) is 0 Å². The Labute approximate surface area is 134 Å². The van der Waals surface area contributed by atoms with Crippen LogP contribution in [-0.2, 0) is 10.3 Å². The second kappa shape index (κ2) is 5.75. The van der Waals surface area contributed by atoms with E-state index >= 15 is 0 Å². The molecular formula is C16H20N4O3. The monoisotopic (exact) mass is 316 g/mol. The number of nitrogen functional groups attached to an aromatic ring is 1. The number of rotatable bonds is 3. The van der Waals surface area contributed by atoms with Crippen molar-refractivity contribution in [3.05, 3.63) is 35.4 Å². The lowest BCUT2D eigenvalue weighted by Gasteiger charge is -2.20. The largest absolute Gasteiger partial charge is 0.465 e. The number of esters is 1. The average Bonchev–Trinajstić information content (AvgIpc) is 2.84. The summed E-state index contributed by atoms with van der Waals surface area (Å²) < 4.78 is 6.23. The summed E-state index contributed by atoms with van der Waals surface area (Å²) in [4.78, 5) is 23.3. The highest BCUT2D eigenvalue weighted by molar-refractivity contribution is 6.03. The van der Waals surface area contributed by atoms with Crippen LogP contribution in [0.15, 0.2) is 24.3 Å². The van der Waals surface area contributed by atoms with Crippen molar-refractivity contribution in [1.29, 1.82) is 0 Å². The highest BCUT2D eigenvalue weighted by Gasteiger charge is 2.26. The van der Waals surface area contributed by atoms with Crippen molar-refractivity contribution in [2.75, 3.05) is 12.8 Å². The molecule has 4 N–H and O–H groups in total. The summed E-state index contributed by atoms with van der Waals surface area (Å²) in [6.45, 7) is 5.77. The lowest BCUT2D eigenvalue weighted by atomic mass is 10.0. The number of primary amides is 1. The van der Waals surface area contributed by atoms with Gasteiger partial charge in [-0.3, -0.25) is 4.79 Å². The van der Waals surface area contributed by atoms with E-state index < -0.39 is 17.4 Å². The van der Waals surface area contributed by atoms with Gasteiger partial charge < -0.3 is 16.2 Å². The Morgan fingerprint density at radius 1 is 1.17 bits per heavy atom. The van der Waals surface area contributed by atoms with Crippen LogP contribution >= 0.6 is 0 Å². The molecule has 1 amide bonds. The normalized spacial score (nSPS) is 11.3. The van der Waals surface area contributed by atoms with E-state index in [2.05, 4.69) is 9.84 Å². The van der Waals surface area contributed by atoms with Gasteiger partial charge >= 0.3 is 5.97 Å². The molecule has 7 nitrogen and oxygen atoms in total. The quantitative estimate of drug-likeness (QED) is 0.838. The number of ether oxygens (including phenoxy) is 1. The van der Waals surface area contributed by atoms with Crippen LogP contribution in [0.1, 0.15) is 41.5 Å². The number of nitrogens with zero attached hydrogens (tertiary/aromatic N) is 2. The van der Waals surface area contributed by atoms with E-state index in [4.69, 9.17) is 11.5 Å². The number of hydrogen-bond acceptors (Lipinski definition) is 5. The first-order chi connectivity index (χ1) is 10.7. The maximum atomic E-state index is 11.8. The third-order valence-corrected chi connectivity index (χ3v) is 3.38. The Hall–Kier alpha value is -2.83. The van der Waals surface area contributed by atoms with Gasteiger partial charge in [0.15, 0.2) is 0 Å². The van der Waals surface area contributed by atoms with Crippen LogP contribution in [0.4, 0.5) is 5.82 Å². The predicted octanol–water partition coefficient (Wildman–Crippen LogP) is 1.77. The molecule has 0 atom stereocenters. The van der Waals surface area contributed by atoms with E-state index in [1.165, 1.54) is 7.11 Å². The molecule has 1 heterocycles. The van der Waals surface area contributed by atoms with Crippen molar-refractivity contribution in [2.24, 2.45) is 5.73 Å². The summed E-state index contributed by atoms with van der Waals surface area (Å²) >= 11 is 0. The fourth-order valence-electron chi connectivity index (χ4n) is 2.27. The van der Waals surface area contributed by atoms with Gasteiger partial charge in [0.25, 0.3) is 5.91 Å². The smallest absolute Gasteiger partial charge is 0.337 e.